The van der Waals surface area contributed by atoms with E-state index >= 15 is 0 Å². The van der Waals surface area contributed by atoms with Crippen molar-refractivity contribution in [1.29, 1.82) is 0 Å². The first-order chi connectivity index (χ1) is 5.11. The predicted molar refractivity (Wildman–Crippen MR) is 37.1 cm³/mol. The lowest BCUT2D eigenvalue weighted by atomic mass is 10.5. The summed E-state index contributed by atoms with van der Waals surface area (Å²) in [5, 5.41) is 0.139. The summed E-state index contributed by atoms with van der Waals surface area (Å²) in [6.07, 6.45) is -1.49. The Morgan fingerprint density at radius 1 is 1.73 bits per heavy atom. The largest absolute Gasteiger partial charge is 0.292 e. The molecule has 0 aliphatic carbocycles. The van der Waals surface area contributed by atoms with Gasteiger partial charge in [0.2, 0.25) is 0 Å². The Bertz CT molecular complexity index is 271. The second-order valence-corrected chi connectivity index (χ2v) is 2.99. The number of rotatable bonds is 2. The van der Waals surface area contributed by atoms with Gasteiger partial charge in [0.1, 0.15) is 0 Å². The van der Waals surface area contributed by atoms with Crippen molar-refractivity contribution in [3.63, 3.8) is 0 Å². The number of nitrogens with zero attached hydrogens (tertiary/aromatic N) is 1. The summed E-state index contributed by atoms with van der Waals surface area (Å²) in [6, 6.07) is 0. The summed E-state index contributed by atoms with van der Waals surface area (Å²) in [6.45, 7) is 1.30. The smallest absolute Gasteiger partial charge is 0.274 e. The number of Topliss-reactive ketones (excluding diaryl/α,β-unsaturated/α-hetero) is 1. The van der Waals surface area contributed by atoms with Crippen LogP contribution in [0.25, 0.3) is 0 Å². The average molecular weight is 177 g/mol. The van der Waals surface area contributed by atoms with Gasteiger partial charge in [-0.25, -0.2) is 13.8 Å². The minimum atomic E-state index is -2.53. The highest BCUT2D eigenvalue weighted by atomic mass is 32.1. The quantitative estimate of drug-likeness (QED) is 0.648. The van der Waals surface area contributed by atoms with Gasteiger partial charge >= 0.3 is 0 Å². The van der Waals surface area contributed by atoms with Crippen molar-refractivity contribution in [2.75, 3.05) is 0 Å². The van der Waals surface area contributed by atoms with Crippen molar-refractivity contribution in [3.05, 3.63) is 16.1 Å². The lowest BCUT2D eigenvalue weighted by Gasteiger charge is -1.87. The number of halogens is 2. The maximum Gasteiger partial charge on any atom is 0.274 e. The van der Waals surface area contributed by atoms with Crippen LogP contribution in [0, 0.1) is 0 Å². The fraction of sp³-hybridized carbons (Fsp3) is 0.333. The van der Waals surface area contributed by atoms with Crippen LogP contribution in [0.4, 0.5) is 8.78 Å². The minimum Gasteiger partial charge on any atom is -0.292 e. The van der Waals surface area contributed by atoms with E-state index in [9.17, 15) is 13.6 Å². The Morgan fingerprint density at radius 2 is 2.36 bits per heavy atom. The second-order valence-electron chi connectivity index (χ2n) is 1.92. The van der Waals surface area contributed by atoms with Crippen LogP contribution < -0.4 is 0 Å². The lowest BCUT2D eigenvalue weighted by molar-refractivity contribution is 0.101. The molecule has 0 N–H and O–H groups in total. The van der Waals surface area contributed by atoms with E-state index in [-0.39, 0.29) is 15.7 Å². The molecule has 0 amide bonds. The normalized spacial score (nSPS) is 10.5. The molecule has 0 saturated carbocycles. The molecular weight excluding hydrogens is 172 g/mol. The SMILES string of the molecule is CC(=O)c1ncc(C(F)F)s1. The van der Waals surface area contributed by atoms with Gasteiger partial charge in [-0.3, -0.25) is 4.79 Å². The van der Waals surface area contributed by atoms with Gasteiger partial charge in [-0.05, 0) is 0 Å². The number of hydrogen-bond donors (Lipinski definition) is 0. The summed E-state index contributed by atoms with van der Waals surface area (Å²) >= 11 is 0.738. The highest BCUT2D eigenvalue weighted by Gasteiger charge is 2.13. The van der Waals surface area contributed by atoms with Crippen LogP contribution in [0.2, 0.25) is 0 Å². The third kappa shape index (κ3) is 1.80. The second kappa shape index (κ2) is 3.04. The first-order valence-electron chi connectivity index (χ1n) is 2.86. The standard InChI is InChI=1S/C6H5F2NOS/c1-3(10)6-9-2-4(11-6)5(7)8/h2,5H,1H3. The van der Waals surface area contributed by atoms with E-state index < -0.39 is 6.43 Å². The molecule has 1 aromatic heterocycles. The van der Waals surface area contributed by atoms with E-state index in [0.29, 0.717) is 0 Å². The van der Waals surface area contributed by atoms with E-state index in [1.807, 2.05) is 0 Å². The van der Waals surface area contributed by atoms with E-state index in [1.54, 1.807) is 0 Å². The summed E-state index contributed by atoms with van der Waals surface area (Å²) in [4.78, 5) is 14.0. The topological polar surface area (TPSA) is 30.0 Å². The number of ketones is 1. The van der Waals surface area contributed by atoms with Gasteiger partial charge < -0.3 is 0 Å². The van der Waals surface area contributed by atoms with Crippen molar-refractivity contribution >= 4 is 17.1 Å². The first kappa shape index (κ1) is 8.26. The number of thiazole rings is 1. The molecule has 1 aromatic rings. The maximum atomic E-state index is 11.9. The molecule has 0 aliphatic heterocycles. The number of hydrogen-bond acceptors (Lipinski definition) is 3. The maximum absolute atomic E-state index is 11.9. The third-order valence-electron chi connectivity index (χ3n) is 1.04. The average Bonchev–Trinajstić information content (AvgIpc) is 2.33. The van der Waals surface area contributed by atoms with Gasteiger partial charge in [0.25, 0.3) is 6.43 Å². The molecule has 2 nitrogen and oxygen atoms in total. The predicted octanol–water partition coefficient (Wildman–Crippen LogP) is 2.28. The Kier molecular flexibility index (Phi) is 2.28. The molecule has 0 fully saturated rings. The van der Waals surface area contributed by atoms with Crippen molar-refractivity contribution in [3.8, 4) is 0 Å². The highest BCUT2D eigenvalue weighted by molar-refractivity contribution is 7.13. The van der Waals surface area contributed by atoms with Crippen LogP contribution in [0.3, 0.4) is 0 Å². The minimum absolute atomic E-state index is 0.139. The zero-order valence-corrected chi connectivity index (χ0v) is 6.49. The molecule has 11 heavy (non-hydrogen) atoms. The van der Waals surface area contributed by atoms with E-state index in [2.05, 4.69) is 4.98 Å². The van der Waals surface area contributed by atoms with Crippen LogP contribution in [-0.2, 0) is 0 Å². The number of carbonyl (C=O) groups excluding carboxylic acids is 1. The fourth-order valence-electron chi connectivity index (χ4n) is 0.550. The van der Waals surface area contributed by atoms with Gasteiger partial charge in [-0.1, -0.05) is 0 Å². The Balaban J connectivity index is 2.90. The highest BCUT2D eigenvalue weighted by Crippen LogP contribution is 2.24. The van der Waals surface area contributed by atoms with Crippen molar-refractivity contribution in [2.24, 2.45) is 0 Å². The van der Waals surface area contributed by atoms with Gasteiger partial charge in [0.05, 0.1) is 4.88 Å². The molecule has 1 heterocycles. The zero-order chi connectivity index (χ0) is 8.43. The molecule has 0 saturated heterocycles. The Labute approximate surface area is 65.9 Å². The molecule has 0 aromatic carbocycles. The third-order valence-corrected chi connectivity index (χ3v) is 2.15. The van der Waals surface area contributed by atoms with Gasteiger partial charge in [0, 0.05) is 13.1 Å². The van der Waals surface area contributed by atoms with E-state index in [4.69, 9.17) is 0 Å². The number of aromatic nitrogens is 1. The number of carbonyl (C=O) groups is 1. The molecule has 0 aliphatic rings. The molecule has 60 valence electrons. The van der Waals surface area contributed by atoms with Crippen molar-refractivity contribution in [1.82, 2.24) is 4.98 Å². The first-order valence-corrected chi connectivity index (χ1v) is 3.67. The van der Waals surface area contributed by atoms with Crippen LogP contribution in [-0.4, -0.2) is 10.8 Å². The summed E-state index contributed by atoms with van der Waals surface area (Å²) in [5.41, 5.74) is 0. The van der Waals surface area contributed by atoms with Crippen LogP contribution >= 0.6 is 11.3 Å². The summed E-state index contributed by atoms with van der Waals surface area (Å²) < 4.78 is 23.8. The van der Waals surface area contributed by atoms with Crippen molar-refractivity contribution < 1.29 is 13.6 Å². The van der Waals surface area contributed by atoms with Crippen molar-refractivity contribution in [2.45, 2.75) is 13.3 Å². The Hall–Kier alpha value is -0.840. The summed E-state index contributed by atoms with van der Waals surface area (Å²) in [7, 11) is 0. The molecule has 5 heteroatoms. The fourth-order valence-corrected chi connectivity index (χ4v) is 1.22. The number of alkyl halides is 2. The molecule has 0 spiro atoms. The molecule has 0 bridgehead atoms. The van der Waals surface area contributed by atoms with Crippen LogP contribution in [0.15, 0.2) is 6.20 Å². The van der Waals surface area contributed by atoms with Gasteiger partial charge in [-0.15, -0.1) is 11.3 Å². The van der Waals surface area contributed by atoms with E-state index in [1.165, 1.54) is 6.92 Å². The van der Waals surface area contributed by atoms with Crippen LogP contribution in [0.5, 0.6) is 0 Å². The molecule has 0 unspecified atom stereocenters. The van der Waals surface area contributed by atoms with Gasteiger partial charge in [-0.2, -0.15) is 0 Å². The van der Waals surface area contributed by atoms with E-state index in [0.717, 1.165) is 17.5 Å². The molecule has 1 rings (SSSR count). The molecule has 0 radical (unpaired) electrons. The monoisotopic (exact) mass is 177 g/mol. The lowest BCUT2D eigenvalue weighted by Crippen LogP contribution is -1.87. The molecule has 0 atom stereocenters. The zero-order valence-electron chi connectivity index (χ0n) is 5.67. The van der Waals surface area contributed by atoms with Crippen LogP contribution in [0.1, 0.15) is 28.0 Å². The molecular formula is C6H5F2NOS. The van der Waals surface area contributed by atoms with Gasteiger partial charge in [0.15, 0.2) is 10.8 Å². The summed E-state index contributed by atoms with van der Waals surface area (Å²) in [5.74, 6) is -0.276. The Morgan fingerprint density at radius 3 is 2.64 bits per heavy atom.